The van der Waals surface area contributed by atoms with Crippen molar-refractivity contribution in [1.82, 2.24) is 9.62 Å². The van der Waals surface area contributed by atoms with E-state index in [2.05, 4.69) is 5.32 Å². The molecule has 0 saturated carbocycles. The van der Waals surface area contributed by atoms with Crippen molar-refractivity contribution in [2.75, 3.05) is 12.8 Å². The van der Waals surface area contributed by atoms with E-state index in [1.807, 2.05) is 34.6 Å². The Morgan fingerprint density at radius 1 is 1.33 bits per heavy atom. The summed E-state index contributed by atoms with van der Waals surface area (Å²) in [4.78, 5) is 11.8. The van der Waals surface area contributed by atoms with Crippen molar-refractivity contribution in [2.45, 2.75) is 59.0 Å². The molecule has 1 unspecified atom stereocenters. The van der Waals surface area contributed by atoms with Gasteiger partial charge in [-0.25, -0.2) is 8.42 Å². The van der Waals surface area contributed by atoms with E-state index in [9.17, 15) is 13.2 Å². The highest BCUT2D eigenvalue weighted by Gasteiger charge is 2.33. The van der Waals surface area contributed by atoms with Gasteiger partial charge in [0.25, 0.3) is 0 Å². The molecule has 1 N–H and O–H groups in total. The van der Waals surface area contributed by atoms with E-state index in [0.29, 0.717) is 6.42 Å². The maximum absolute atomic E-state index is 11.8. The van der Waals surface area contributed by atoms with E-state index < -0.39 is 15.6 Å². The third-order valence-corrected chi connectivity index (χ3v) is 4.67. The third kappa shape index (κ3) is 5.35. The molecule has 0 aliphatic rings. The summed E-state index contributed by atoms with van der Waals surface area (Å²) in [6.45, 7) is 9.30. The van der Waals surface area contributed by atoms with Gasteiger partial charge in [0.1, 0.15) is 0 Å². The molecule has 18 heavy (non-hydrogen) atoms. The number of nitrogens with one attached hydrogen (secondary N) is 1. The van der Waals surface area contributed by atoms with Crippen LogP contribution in [0.15, 0.2) is 0 Å². The zero-order chi connectivity index (χ0) is 14.6. The second-order valence-electron chi connectivity index (χ2n) is 5.31. The average molecular weight is 278 g/mol. The highest BCUT2D eigenvalue weighted by atomic mass is 32.2. The largest absolute Gasteiger partial charge is 0.353 e. The first-order valence-electron chi connectivity index (χ1n) is 6.31. The molecule has 0 aromatic carbocycles. The van der Waals surface area contributed by atoms with Crippen LogP contribution >= 0.6 is 0 Å². The molecule has 5 nitrogen and oxygen atoms in total. The van der Waals surface area contributed by atoms with Crippen molar-refractivity contribution in [3.63, 3.8) is 0 Å². The molecule has 6 heteroatoms. The van der Waals surface area contributed by atoms with Crippen LogP contribution < -0.4 is 5.32 Å². The van der Waals surface area contributed by atoms with Crippen LogP contribution in [0.2, 0.25) is 0 Å². The van der Waals surface area contributed by atoms with Crippen LogP contribution in [0.1, 0.15) is 47.5 Å². The second kappa shape index (κ2) is 6.52. The van der Waals surface area contributed by atoms with E-state index in [0.717, 1.165) is 12.7 Å². The molecule has 0 aliphatic heterocycles. The van der Waals surface area contributed by atoms with Gasteiger partial charge in [-0.1, -0.05) is 13.8 Å². The van der Waals surface area contributed by atoms with E-state index >= 15 is 0 Å². The van der Waals surface area contributed by atoms with Crippen LogP contribution in [0.25, 0.3) is 0 Å². The number of carbonyl (C=O) groups is 1. The van der Waals surface area contributed by atoms with E-state index in [-0.39, 0.29) is 18.5 Å². The Bertz CT molecular complexity index is 377. The fraction of sp³-hybridized carbons (Fsp3) is 0.917. The number of sulfonamides is 1. The molecule has 0 bridgehead atoms. The lowest BCUT2D eigenvalue weighted by Gasteiger charge is -2.35. The van der Waals surface area contributed by atoms with Gasteiger partial charge in [0, 0.05) is 11.6 Å². The monoisotopic (exact) mass is 278 g/mol. The Balaban J connectivity index is 4.89. The summed E-state index contributed by atoms with van der Waals surface area (Å²) in [6, 6.07) is 0.0589. The van der Waals surface area contributed by atoms with Gasteiger partial charge in [-0.15, -0.1) is 0 Å². The second-order valence-corrected chi connectivity index (χ2v) is 7.22. The van der Waals surface area contributed by atoms with E-state index in [1.165, 1.54) is 4.31 Å². The highest BCUT2D eigenvalue weighted by molar-refractivity contribution is 7.88. The van der Waals surface area contributed by atoms with Gasteiger partial charge in [0.15, 0.2) is 0 Å². The maximum atomic E-state index is 11.8. The summed E-state index contributed by atoms with van der Waals surface area (Å²) in [5, 5.41) is 2.78. The first-order chi connectivity index (χ1) is 8.04. The van der Waals surface area contributed by atoms with Crippen LogP contribution in [0.5, 0.6) is 0 Å². The average Bonchev–Trinajstić information content (AvgIpc) is 2.24. The Morgan fingerprint density at radius 2 is 1.83 bits per heavy atom. The van der Waals surface area contributed by atoms with Gasteiger partial charge in [-0.3, -0.25) is 4.79 Å². The molecule has 0 aromatic rings. The van der Waals surface area contributed by atoms with Gasteiger partial charge < -0.3 is 5.32 Å². The van der Waals surface area contributed by atoms with E-state index in [4.69, 9.17) is 0 Å². The fourth-order valence-corrected chi connectivity index (χ4v) is 2.89. The summed E-state index contributed by atoms with van der Waals surface area (Å²) in [5.74, 6) is -0.253. The molecule has 0 rings (SSSR count). The molecule has 0 aliphatic carbocycles. The Kier molecular flexibility index (Phi) is 6.29. The molecule has 0 spiro atoms. The zero-order valence-electron chi connectivity index (χ0n) is 12.3. The third-order valence-electron chi connectivity index (χ3n) is 3.25. The number of rotatable bonds is 7. The first kappa shape index (κ1) is 17.4. The van der Waals surface area contributed by atoms with Gasteiger partial charge in [0.2, 0.25) is 15.9 Å². The summed E-state index contributed by atoms with van der Waals surface area (Å²) in [5.41, 5.74) is -0.555. The minimum absolute atomic E-state index is 0.0589. The van der Waals surface area contributed by atoms with Crippen molar-refractivity contribution in [2.24, 2.45) is 0 Å². The van der Waals surface area contributed by atoms with Crippen molar-refractivity contribution < 1.29 is 13.2 Å². The lowest BCUT2D eigenvalue weighted by atomic mass is 10.0. The normalized spacial score (nSPS) is 14.6. The SMILES string of the molecule is CCC(C)NC(=O)CN(C(C)(C)CC)S(C)(=O)=O. The quantitative estimate of drug-likeness (QED) is 0.764. The first-order valence-corrected chi connectivity index (χ1v) is 8.16. The predicted octanol–water partition coefficient (Wildman–Crippen LogP) is 1.35. The molecule has 0 saturated heterocycles. The molecular weight excluding hydrogens is 252 g/mol. The smallest absolute Gasteiger partial charge is 0.235 e. The summed E-state index contributed by atoms with van der Waals surface area (Å²) in [7, 11) is -3.40. The number of nitrogens with zero attached hydrogens (tertiary/aromatic N) is 1. The van der Waals surface area contributed by atoms with Gasteiger partial charge in [-0.2, -0.15) is 4.31 Å². The Morgan fingerprint density at radius 3 is 2.17 bits per heavy atom. The molecule has 0 fully saturated rings. The summed E-state index contributed by atoms with van der Waals surface area (Å²) in [6.07, 6.45) is 2.61. The topological polar surface area (TPSA) is 66.5 Å². The zero-order valence-corrected chi connectivity index (χ0v) is 13.1. The van der Waals surface area contributed by atoms with Gasteiger partial charge in [-0.05, 0) is 33.6 Å². The predicted molar refractivity (Wildman–Crippen MR) is 73.8 cm³/mol. The fourth-order valence-electron chi connectivity index (χ4n) is 1.51. The minimum Gasteiger partial charge on any atom is -0.353 e. The molecule has 0 aromatic heterocycles. The highest BCUT2D eigenvalue weighted by Crippen LogP contribution is 2.21. The maximum Gasteiger partial charge on any atom is 0.235 e. The van der Waals surface area contributed by atoms with Crippen molar-refractivity contribution in [1.29, 1.82) is 0 Å². The number of hydrogen-bond acceptors (Lipinski definition) is 3. The molecule has 108 valence electrons. The van der Waals surface area contributed by atoms with Crippen molar-refractivity contribution in [3.05, 3.63) is 0 Å². The Labute approximate surface area is 111 Å². The van der Waals surface area contributed by atoms with Crippen molar-refractivity contribution in [3.8, 4) is 0 Å². The number of amides is 1. The standard InChI is InChI=1S/C12H26N2O3S/c1-7-10(3)13-11(15)9-14(18(6,16)17)12(4,5)8-2/h10H,7-9H2,1-6H3,(H,13,15). The lowest BCUT2D eigenvalue weighted by Crippen LogP contribution is -2.52. The van der Waals surface area contributed by atoms with Gasteiger partial charge >= 0.3 is 0 Å². The summed E-state index contributed by atoms with van der Waals surface area (Å²) < 4.78 is 24.8. The molecule has 0 radical (unpaired) electrons. The van der Waals surface area contributed by atoms with Crippen LogP contribution in [0.4, 0.5) is 0 Å². The Hall–Kier alpha value is -0.620. The van der Waals surface area contributed by atoms with Crippen LogP contribution in [-0.2, 0) is 14.8 Å². The molecule has 1 amide bonds. The lowest BCUT2D eigenvalue weighted by molar-refractivity contribution is -0.122. The van der Waals surface area contributed by atoms with Crippen LogP contribution in [0.3, 0.4) is 0 Å². The van der Waals surface area contributed by atoms with Crippen molar-refractivity contribution >= 4 is 15.9 Å². The molecular formula is C12H26N2O3S. The number of carbonyl (C=O) groups excluding carboxylic acids is 1. The molecule has 1 atom stereocenters. The molecule has 0 heterocycles. The van der Waals surface area contributed by atoms with Crippen LogP contribution in [-0.4, -0.2) is 43.0 Å². The van der Waals surface area contributed by atoms with E-state index in [1.54, 1.807) is 0 Å². The number of hydrogen-bond donors (Lipinski definition) is 1. The minimum atomic E-state index is -3.40. The van der Waals surface area contributed by atoms with Gasteiger partial charge in [0.05, 0.1) is 12.8 Å². The van der Waals surface area contributed by atoms with Crippen LogP contribution in [0, 0.1) is 0 Å². The summed E-state index contributed by atoms with van der Waals surface area (Å²) >= 11 is 0.